The summed E-state index contributed by atoms with van der Waals surface area (Å²) in [6, 6.07) is 5.75. The van der Waals surface area contributed by atoms with Crippen LogP contribution in [-0.4, -0.2) is 47.0 Å². The third-order valence-corrected chi connectivity index (χ3v) is 4.40. The maximum atomic E-state index is 12.1. The van der Waals surface area contributed by atoms with Gasteiger partial charge >= 0.3 is 0 Å². The Morgan fingerprint density at radius 1 is 1.20 bits per heavy atom. The van der Waals surface area contributed by atoms with Crippen molar-refractivity contribution in [1.82, 2.24) is 20.2 Å². The molecule has 7 nitrogen and oxygen atoms in total. The molecule has 0 spiro atoms. The molecule has 0 aromatic carbocycles. The molecule has 2 N–H and O–H groups in total. The lowest BCUT2D eigenvalue weighted by Gasteiger charge is -2.33. The van der Waals surface area contributed by atoms with Crippen molar-refractivity contribution in [3.05, 3.63) is 42.6 Å². The van der Waals surface area contributed by atoms with Crippen molar-refractivity contribution >= 4 is 11.9 Å². The average Bonchev–Trinajstić information content (AvgIpc) is 3.18. The molecule has 1 unspecified atom stereocenters. The molecule has 2 aromatic heterocycles. The lowest BCUT2D eigenvalue weighted by atomic mass is 10.1. The molecular weight excluding hydrogens is 318 g/mol. The van der Waals surface area contributed by atoms with Crippen LogP contribution in [-0.2, 0) is 4.79 Å². The van der Waals surface area contributed by atoms with E-state index in [1.54, 1.807) is 24.7 Å². The van der Waals surface area contributed by atoms with Gasteiger partial charge in [-0.2, -0.15) is 0 Å². The zero-order valence-electron chi connectivity index (χ0n) is 14.4. The van der Waals surface area contributed by atoms with Crippen molar-refractivity contribution in [1.29, 1.82) is 0 Å². The molecule has 7 heteroatoms. The van der Waals surface area contributed by atoms with Crippen molar-refractivity contribution in [3.8, 4) is 0 Å². The Morgan fingerprint density at radius 3 is 2.72 bits per heavy atom. The molecule has 0 radical (unpaired) electrons. The summed E-state index contributed by atoms with van der Waals surface area (Å²) in [6.45, 7) is 3.17. The van der Waals surface area contributed by atoms with Gasteiger partial charge in [-0.3, -0.25) is 9.69 Å². The summed E-state index contributed by atoms with van der Waals surface area (Å²) in [4.78, 5) is 22.7. The molecule has 2 aromatic rings. The van der Waals surface area contributed by atoms with Crippen molar-refractivity contribution < 1.29 is 9.21 Å². The lowest BCUT2D eigenvalue weighted by molar-refractivity contribution is -0.121. The van der Waals surface area contributed by atoms with E-state index in [2.05, 4.69) is 25.5 Å². The third-order valence-electron chi connectivity index (χ3n) is 4.40. The van der Waals surface area contributed by atoms with Gasteiger partial charge in [0, 0.05) is 31.9 Å². The second-order valence-corrected chi connectivity index (χ2v) is 6.18. The highest BCUT2D eigenvalue weighted by atomic mass is 16.3. The zero-order valence-corrected chi connectivity index (χ0v) is 14.4. The smallest absolute Gasteiger partial charge is 0.222 e. The first-order chi connectivity index (χ1) is 12.3. The molecule has 0 bridgehead atoms. The van der Waals surface area contributed by atoms with Crippen LogP contribution in [0.1, 0.15) is 37.5 Å². The van der Waals surface area contributed by atoms with Crippen molar-refractivity contribution in [3.63, 3.8) is 0 Å². The predicted octanol–water partition coefficient (Wildman–Crippen LogP) is 2.21. The molecule has 1 fully saturated rings. The largest absolute Gasteiger partial charge is 0.468 e. The third kappa shape index (κ3) is 5.29. The van der Waals surface area contributed by atoms with Crippen LogP contribution in [0, 0.1) is 0 Å². The normalized spacial score (nSPS) is 16.3. The Morgan fingerprint density at radius 2 is 2.00 bits per heavy atom. The molecule has 134 valence electrons. The summed E-state index contributed by atoms with van der Waals surface area (Å²) >= 11 is 0. The fourth-order valence-electron chi connectivity index (χ4n) is 3.10. The Kier molecular flexibility index (Phi) is 6.39. The molecule has 0 aliphatic carbocycles. The molecule has 3 heterocycles. The minimum Gasteiger partial charge on any atom is -0.468 e. The van der Waals surface area contributed by atoms with E-state index in [0.717, 1.165) is 18.8 Å². The van der Waals surface area contributed by atoms with Gasteiger partial charge in [0.25, 0.3) is 0 Å². The minimum atomic E-state index is 0.0111. The van der Waals surface area contributed by atoms with Crippen LogP contribution in [0.15, 0.2) is 41.3 Å². The molecule has 1 aliphatic heterocycles. The van der Waals surface area contributed by atoms with Crippen LogP contribution in [0.25, 0.3) is 0 Å². The van der Waals surface area contributed by atoms with E-state index in [4.69, 9.17) is 4.42 Å². The molecule has 1 saturated heterocycles. The maximum absolute atomic E-state index is 12.1. The molecule has 1 aliphatic rings. The first kappa shape index (κ1) is 17.4. The maximum Gasteiger partial charge on any atom is 0.222 e. The van der Waals surface area contributed by atoms with Gasteiger partial charge in [0.2, 0.25) is 11.9 Å². The van der Waals surface area contributed by atoms with Gasteiger partial charge in [0.05, 0.1) is 12.3 Å². The SMILES string of the molecule is O=C(CCNc1ncccn1)NCC(c1ccco1)N1CCCCC1. The Bertz CT molecular complexity index is 626. The molecular formula is C18H25N5O2. The lowest BCUT2D eigenvalue weighted by Crippen LogP contribution is -2.40. The zero-order chi connectivity index (χ0) is 17.3. The highest BCUT2D eigenvalue weighted by Gasteiger charge is 2.24. The van der Waals surface area contributed by atoms with Crippen LogP contribution < -0.4 is 10.6 Å². The van der Waals surface area contributed by atoms with E-state index in [9.17, 15) is 4.79 Å². The van der Waals surface area contributed by atoms with E-state index in [1.807, 2.05) is 12.1 Å². The van der Waals surface area contributed by atoms with Gasteiger partial charge < -0.3 is 15.1 Å². The number of piperidine rings is 1. The molecule has 1 atom stereocenters. The van der Waals surface area contributed by atoms with Gasteiger partial charge in [-0.1, -0.05) is 6.42 Å². The Labute approximate surface area is 147 Å². The number of hydrogen-bond acceptors (Lipinski definition) is 6. The summed E-state index contributed by atoms with van der Waals surface area (Å²) in [5.41, 5.74) is 0. The highest BCUT2D eigenvalue weighted by molar-refractivity contribution is 5.76. The number of furan rings is 1. The van der Waals surface area contributed by atoms with Crippen LogP contribution >= 0.6 is 0 Å². The fraction of sp³-hybridized carbons (Fsp3) is 0.500. The average molecular weight is 343 g/mol. The van der Waals surface area contributed by atoms with E-state index >= 15 is 0 Å². The van der Waals surface area contributed by atoms with E-state index in [-0.39, 0.29) is 11.9 Å². The number of carbonyl (C=O) groups excluding carboxylic acids is 1. The van der Waals surface area contributed by atoms with Gasteiger partial charge in [-0.15, -0.1) is 0 Å². The summed E-state index contributed by atoms with van der Waals surface area (Å²) in [5.74, 6) is 1.46. The number of nitrogens with zero attached hydrogens (tertiary/aromatic N) is 3. The number of anilines is 1. The van der Waals surface area contributed by atoms with E-state index in [1.165, 1.54) is 19.3 Å². The summed E-state index contributed by atoms with van der Waals surface area (Å²) in [7, 11) is 0. The van der Waals surface area contributed by atoms with Crippen molar-refractivity contribution in [2.45, 2.75) is 31.7 Å². The molecule has 0 saturated carbocycles. The summed E-state index contributed by atoms with van der Waals surface area (Å²) < 4.78 is 5.60. The van der Waals surface area contributed by atoms with Crippen LogP contribution in [0.4, 0.5) is 5.95 Å². The molecule has 3 rings (SSSR count). The number of carbonyl (C=O) groups is 1. The summed E-state index contributed by atoms with van der Waals surface area (Å²) in [5, 5.41) is 6.08. The number of nitrogens with one attached hydrogen (secondary N) is 2. The molecule has 1 amide bonds. The number of hydrogen-bond donors (Lipinski definition) is 2. The van der Waals surface area contributed by atoms with Crippen LogP contribution in [0.2, 0.25) is 0 Å². The quantitative estimate of drug-likeness (QED) is 0.765. The van der Waals surface area contributed by atoms with Crippen molar-refractivity contribution in [2.75, 3.05) is 31.5 Å². The minimum absolute atomic E-state index is 0.0111. The predicted molar refractivity (Wildman–Crippen MR) is 95.0 cm³/mol. The van der Waals surface area contributed by atoms with Gasteiger partial charge in [0.15, 0.2) is 0 Å². The molecule has 25 heavy (non-hydrogen) atoms. The van der Waals surface area contributed by atoms with Crippen LogP contribution in [0.5, 0.6) is 0 Å². The number of likely N-dealkylation sites (tertiary alicyclic amines) is 1. The van der Waals surface area contributed by atoms with Crippen LogP contribution in [0.3, 0.4) is 0 Å². The second kappa shape index (κ2) is 9.17. The van der Waals surface area contributed by atoms with Gasteiger partial charge in [0.1, 0.15) is 5.76 Å². The Balaban J connectivity index is 1.46. The monoisotopic (exact) mass is 343 g/mol. The summed E-state index contributed by atoms with van der Waals surface area (Å²) in [6.07, 6.45) is 9.09. The number of aromatic nitrogens is 2. The van der Waals surface area contributed by atoms with Gasteiger partial charge in [-0.05, 0) is 44.1 Å². The first-order valence-corrected chi connectivity index (χ1v) is 8.88. The van der Waals surface area contributed by atoms with Gasteiger partial charge in [-0.25, -0.2) is 9.97 Å². The van der Waals surface area contributed by atoms with E-state index in [0.29, 0.717) is 25.5 Å². The number of rotatable bonds is 8. The topological polar surface area (TPSA) is 83.3 Å². The number of amides is 1. The fourth-order valence-corrected chi connectivity index (χ4v) is 3.10. The highest BCUT2D eigenvalue weighted by Crippen LogP contribution is 2.24. The first-order valence-electron chi connectivity index (χ1n) is 8.88. The van der Waals surface area contributed by atoms with E-state index < -0.39 is 0 Å². The second-order valence-electron chi connectivity index (χ2n) is 6.18. The standard InChI is InChI=1S/C18H25N5O2/c24-17(7-10-21-18-19-8-5-9-20-18)22-14-15(16-6-4-13-25-16)23-11-2-1-3-12-23/h4-6,8-9,13,15H,1-3,7,10-12,14H2,(H,22,24)(H,19,20,21). The Hall–Kier alpha value is -2.41. The van der Waals surface area contributed by atoms with Crippen molar-refractivity contribution in [2.24, 2.45) is 0 Å².